The van der Waals surface area contributed by atoms with Crippen molar-refractivity contribution >= 4 is 29.4 Å². The third kappa shape index (κ3) is 4.21. The van der Waals surface area contributed by atoms with Crippen LogP contribution in [0.1, 0.15) is 37.0 Å². The molecule has 1 aliphatic rings. The van der Waals surface area contributed by atoms with Crippen LogP contribution in [0.15, 0.2) is 12.3 Å². The molecule has 0 spiro atoms. The van der Waals surface area contributed by atoms with Gasteiger partial charge >= 0.3 is 11.9 Å². The summed E-state index contributed by atoms with van der Waals surface area (Å²) in [5.74, 6) is -1.43. The fourth-order valence-corrected chi connectivity index (χ4v) is 2.73. The number of carboxylic acid groups (broad SMARTS) is 1. The monoisotopic (exact) mass is 335 g/mol. The van der Waals surface area contributed by atoms with Crippen LogP contribution in [0.25, 0.3) is 0 Å². The average Bonchev–Trinajstić information content (AvgIpc) is 2.54. The van der Waals surface area contributed by atoms with Crippen LogP contribution in [0.2, 0.25) is 0 Å². The first kappa shape index (κ1) is 17.7. The number of esters is 1. The molecule has 2 heterocycles. The Hall–Kier alpha value is -2.64. The second kappa shape index (κ2) is 7.76. The lowest BCUT2D eigenvalue weighted by molar-refractivity contribution is -0.148. The summed E-state index contributed by atoms with van der Waals surface area (Å²) in [5, 5.41) is 11.9. The molecule has 1 amide bonds. The SMILES string of the molecule is CCOC(=O)C1CCN(c2ncc(NC(C)=O)cc2C(=O)O)CC1. The summed E-state index contributed by atoms with van der Waals surface area (Å²) in [7, 11) is 0. The number of carboxylic acids is 1. The normalized spacial score (nSPS) is 15.0. The number of carbonyl (C=O) groups excluding carboxylic acids is 2. The van der Waals surface area contributed by atoms with Crippen LogP contribution in [0.3, 0.4) is 0 Å². The zero-order chi connectivity index (χ0) is 17.7. The number of nitrogens with one attached hydrogen (secondary N) is 1. The van der Waals surface area contributed by atoms with E-state index in [0.717, 1.165) is 0 Å². The molecule has 1 fully saturated rings. The van der Waals surface area contributed by atoms with Crippen LogP contribution in [0.5, 0.6) is 0 Å². The van der Waals surface area contributed by atoms with Gasteiger partial charge in [0.15, 0.2) is 0 Å². The van der Waals surface area contributed by atoms with Gasteiger partial charge in [-0.15, -0.1) is 0 Å². The summed E-state index contributed by atoms with van der Waals surface area (Å²) in [6.45, 7) is 4.52. The first-order valence-corrected chi connectivity index (χ1v) is 7.84. The molecular weight excluding hydrogens is 314 g/mol. The Morgan fingerprint density at radius 2 is 2.04 bits per heavy atom. The lowest BCUT2D eigenvalue weighted by Gasteiger charge is -2.32. The number of hydrogen-bond acceptors (Lipinski definition) is 6. The molecule has 0 bridgehead atoms. The van der Waals surface area contributed by atoms with Crippen molar-refractivity contribution in [2.45, 2.75) is 26.7 Å². The van der Waals surface area contributed by atoms with Crippen molar-refractivity contribution in [3.63, 3.8) is 0 Å². The molecule has 24 heavy (non-hydrogen) atoms. The average molecular weight is 335 g/mol. The first-order valence-electron chi connectivity index (χ1n) is 7.84. The van der Waals surface area contributed by atoms with E-state index in [1.807, 2.05) is 4.90 Å². The van der Waals surface area contributed by atoms with Gasteiger partial charge in [0.05, 0.1) is 24.4 Å². The Morgan fingerprint density at radius 3 is 2.58 bits per heavy atom. The van der Waals surface area contributed by atoms with Crippen molar-refractivity contribution < 1.29 is 24.2 Å². The number of piperidine rings is 1. The number of anilines is 2. The minimum absolute atomic E-state index is 0.0239. The number of aromatic nitrogens is 1. The van der Waals surface area contributed by atoms with Crippen molar-refractivity contribution in [3.8, 4) is 0 Å². The summed E-state index contributed by atoms with van der Waals surface area (Å²) in [6, 6.07) is 1.39. The van der Waals surface area contributed by atoms with Crippen molar-refractivity contribution in [1.29, 1.82) is 0 Å². The highest BCUT2D eigenvalue weighted by Crippen LogP contribution is 2.27. The van der Waals surface area contributed by atoms with Crippen LogP contribution >= 0.6 is 0 Å². The number of pyridine rings is 1. The minimum atomic E-state index is -1.11. The maximum Gasteiger partial charge on any atom is 0.339 e. The number of rotatable bonds is 5. The van der Waals surface area contributed by atoms with Gasteiger partial charge in [-0.3, -0.25) is 9.59 Å². The molecule has 0 aliphatic carbocycles. The second-order valence-electron chi connectivity index (χ2n) is 5.59. The Morgan fingerprint density at radius 1 is 1.38 bits per heavy atom. The highest BCUT2D eigenvalue weighted by atomic mass is 16.5. The highest BCUT2D eigenvalue weighted by molar-refractivity contribution is 5.96. The third-order valence-corrected chi connectivity index (χ3v) is 3.83. The standard InChI is InChI=1S/C16H21N3O5/c1-3-24-16(23)11-4-6-19(7-5-11)14-13(15(21)22)8-12(9-17-14)18-10(2)20/h8-9,11H,3-7H2,1-2H3,(H,18,20)(H,21,22). The summed E-state index contributed by atoms with van der Waals surface area (Å²) in [5.41, 5.74) is 0.362. The Balaban J connectivity index is 2.13. The molecule has 2 rings (SSSR count). The maximum atomic E-state index is 11.8. The van der Waals surface area contributed by atoms with E-state index in [0.29, 0.717) is 44.0 Å². The summed E-state index contributed by atoms with van der Waals surface area (Å²) in [4.78, 5) is 40.4. The summed E-state index contributed by atoms with van der Waals surface area (Å²) >= 11 is 0. The number of amides is 1. The largest absolute Gasteiger partial charge is 0.478 e. The van der Waals surface area contributed by atoms with Crippen LogP contribution < -0.4 is 10.2 Å². The molecule has 8 heteroatoms. The molecule has 1 aliphatic heterocycles. The van der Waals surface area contributed by atoms with Crippen molar-refractivity contribution in [2.75, 3.05) is 29.9 Å². The van der Waals surface area contributed by atoms with E-state index in [1.54, 1.807) is 6.92 Å². The Labute approximate surface area is 139 Å². The molecule has 2 N–H and O–H groups in total. The van der Waals surface area contributed by atoms with E-state index in [9.17, 15) is 19.5 Å². The van der Waals surface area contributed by atoms with E-state index < -0.39 is 5.97 Å². The molecular formula is C16H21N3O5. The topological polar surface area (TPSA) is 109 Å². The zero-order valence-electron chi connectivity index (χ0n) is 13.7. The summed E-state index contributed by atoms with van der Waals surface area (Å²) in [6.07, 6.45) is 2.61. The van der Waals surface area contributed by atoms with Gasteiger partial charge in [0.25, 0.3) is 0 Å². The van der Waals surface area contributed by atoms with Gasteiger partial charge in [-0.1, -0.05) is 0 Å². The van der Waals surface area contributed by atoms with E-state index in [-0.39, 0.29) is 23.4 Å². The fraction of sp³-hybridized carbons (Fsp3) is 0.500. The Kier molecular flexibility index (Phi) is 5.73. The van der Waals surface area contributed by atoms with Crippen LogP contribution in [0, 0.1) is 5.92 Å². The second-order valence-corrected chi connectivity index (χ2v) is 5.59. The minimum Gasteiger partial charge on any atom is -0.478 e. The van der Waals surface area contributed by atoms with Gasteiger partial charge in [-0.2, -0.15) is 0 Å². The predicted molar refractivity (Wildman–Crippen MR) is 87.1 cm³/mol. The lowest BCUT2D eigenvalue weighted by Crippen LogP contribution is -2.38. The molecule has 0 saturated carbocycles. The molecule has 1 aromatic heterocycles. The quantitative estimate of drug-likeness (QED) is 0.785. The number of hydrogen-bond donors (Lipinski definition) is 2. The van der Waals surface area contributed by atoms with Crippen LogP contribution in [0.4, 0.5) is 11.5 Å². The predicted octanol–water partition coefficient (Wildman–Crippen LogP) is 1.52. The van der Waals surface area contributed by atoms with Crippen molar-refractivity contribution in [3.05, 3.63) is 17.8 Å². The van der Waals surface area contributed by atoms with E-state index >= 15 is 0 Å². The molecule has 1 saturated heterocycles. The molecule has 130 valence electrons. The molecule has 8 nitrogen and oxygen atoms in total. The molecule has 0 atom stereocenters. The molecule has 0 radical (unpaired) electrons. The fourth-order valence-electron chi connectivity index (χ4n) is 2.73. The van der Waals surface area contributed by atoms with Gasteiger partial charge in [-0.25, -0.2) is 9.78 Å². The molecule has 0 unspecified atom stereocenters. The van der Waals surface area contributed by atoms with Crippen molar-refractivity contribution in [2.24, 2.45) is 5.92 Å². The van der Waals surface area contributed by atoms with Crippen LogP contribution in [-0.4, -0.2) is 47.6 Å². The number of nitrogens with zero attached hydrogens (tertiary/aromatic N) is 2. The smallest absolute Gasteiger partial charge is 0.339 e. The Bertz CT molecular complexity index is 639. The maximum absolute atomic E-state index is 11.8. The highest BCUT2D eigenvalue weighted by Gasteiger charge is 2.28. The number of aromatic carboxylic acids is 1. The van der Waals surface area contributed by atoms with Crippen LogP contribution in [-0.2, 0) is 14.3 Å². The molecule has 1 aromatic rings. The molecule has 0 aromatic carbocycles. The van der Waals surface area contributed by atoms with E-state index in [1.165, 1.54) is 19.2 Å². The van der Waals surface area contributed by atoms with Gasteiger partial charge in [0, 0.05) is 20.0 Å². The van der Waals surface area contributed by atoms with Gasteiger partial charge in [0.1, 0.15) is 11.4 Å². The third-order valence-electron chi connectivity index (χ3n) is 3.83. The van der Waals surface area contributed by atoms with Gasteiger partial charge in [0.2, 0.25) is 5.91 Å². The summed E-state index contributed by atoms with van der Waals surface area (Å²) < 4.78 is 5.03. The zero-order valence-corrected chi connectivity index (χ0v) is 13.7. The van der Waals surface area contributed by atoms with Crippen molar-refractivity contribution in [1.82, 2.24) is 4.98 Å². The lowest BCUT2D eigenvalue weighted by atomic mass is 9.96. The first-order chi connectivity index (χ1) is 11.4. The number of ether oxygens (including phenoxy) is 1. The number of carbonyl (C=O) groups is 3. The van der Waals surface area contributed by atoms with Gasteiger partial charge in [-0.05, 0) is 25.8 Å². The van der Waals surface area contributed by atoms with Gasteiger partial charge < -0.3 is 20.1 Å². The van der Waals surface area contributed by atoms with E-state index in [4.69, 9.17) is 4.74 Å². The van der Waals surface area contributed by atoms with E-state index in [2.05, 4.69) is 10.3 Å².